The van der Waals surface area contributed by atoms with Crippen molar-refractivity contribution in [1.82, 2.24) is 20.4 Å². The smallest absolute Gasteiger partial charge is 0.253 e. The number of aryl methyl sites for hydroxylation is 1. The van der Waals surface area contributed by atoms with Crippen molar-refractivity contribution < 1.29 is 9.53 Å². The molecule has 2 heterocycles. The fourth-order valence-corrected chi connectivity index (χ4v) is 2.18. The lowest BCUT2D eigenvalue weighted by Crippen LogP contribution is -2.48. The molecule has 1 aliphatic rings. The Hall–Kier alpha value is -1.40. The largest absolute Gasteiger partial charge is 0.366 e. The highest BCUT2D eigenvalue weighted by Gasteiger charge is 2.25. The molecular formula is C13H22N4O2. The topological polar surface area (TPSA) is 70.2 Å². The van der Waals surface area contributed by atoms with E-state index in [1.165, 1.54) is 0 Å². The zero-order valence-corrected chi connectivity index (χ0v) is 11.6. The lowest BCUT2D eigenvalue weighted by Gasteiger charge is -2.26. The van der Waals surface area contributed by atoms with E-state index >= 15 is 0 Å². The molecule has 2 rings (SSSR count). The van der Waals surface area contributed by atoms with Crippen molar-refractivity contribution in [3.63, 3.8) is 0 Å². The number of nitrogens with one attached hydrogen (secondary N) is 2. The van der Waals surface area contributed by atoms with E-state index in [4.69, 9.17) is 4.74 Å². The molecule has 1 aromatic heterocycles. The predicted octanol–water partition coefficient (Wildman–Crippen LogP) is 0.309. The Kier molecular flexibility index (Phi) is 4.93. The van der Waals surface area contributed by atoms with Crippen molar-refractivity contribution in [2.24, 2.45) is 0 Å². The summed E-state index contributed by atoms with van der Waals surface area (Å²) in [6, 6.07) is 2.02. The van der Waals surface area contributed by atoms with Crippen LogP contribution < -0.4 is 5.32 Å². The van der Waals surface area contributed by atoms with Crippen LogP contribution >= 0.6 is 0 Å². The maximum absolute atomic E-state index is 12.2. The van der Waals surface area contributed by atoms with Crippen molar-refractivity contribution >= 4 is 5.91 Å². The Morgan fingerprint density at radius 2 is 2.47 bits per heavy atom. The van der Waals surface area contributed by atoms with E-state index in [2.05, 4.69) is 22.4 Å². The van der Waals surface area contributed by atoms with Crippen LogP contribution in [0, 0.1) is 0 Å². The van der Waals surface area contributed by atoms with Crippen LogP contribution in [-0.4, -0.2) is 53.9 Å². The van der Waals surface area contributed by atoms with Gasteiger partial charge in [0.15, 0.2) is 0 Å². The van der Waals surface area contributed by atoms with Crippen LogP contribution in [0.15, 0.2) is 6.07 Å². The summed E-state index contributed by atoms with van der Waals surface area (Å²) in [6.45, 7) is 4.66. The normalized spacial score (nSPS) is 19.4. The number of aromatic nitrogens is 2. The third-order valence-electron chi connectivity index (χ3n) is 3.18. The van der Waals surface area contributed by atoms with Crippen LogP contribution in [0.5, 0.6) is 0 Å². The first-order valence-electron chi connectivity index (χ1n) is 6.81. The maximum atomic E-state index is 12.2. The molecule has 0 unspecified atom stereocenters. The quantitative estimate of drug-likeness (QED) is 0.804. The number of H-pyrrole nitrogens is 1. The summed E-state index contributed by atoms with van der Waals surface area (Å²) in [5, 5.41) is 10.4. The average Bonchev–Trinajstić information content (AvgIpc) is 2.86. The van der Waals surface area contributed by atoms with Gasteiger partial charge in [0, 0.05) is 20.1 Å². The number of likely N-dealkylation sites (N-methyl/N-ethyl adjacent to an activating group) is 1. The van der Waals surface area contributed by atoms with Gasteiger partial charge in [-0.25, -0.2) is 0 Å². The Bertz CT molecular complexity index is 413. The van der Waals surface area contributed by atoms with Crippen LogP contribution in [0.25, 0.3) is 0 Å². The minimum Gasteiger partial charge on any atom is -0.366 e. The number of hydrogen-bond donors (Lipinski definition) is 2. The van der Waals surface area contributed by atoms with Crippen molar-refractivity contribution in [2.75, 3.05) is 26.7 Å². The minimum atomic E-state index is -0.364. The maximum Gasteiger partial charge on any atom is 0.253 e. The number of morpholine rings is 1. The molecule has 6 nitrogen and oxygen atoms in total. The molecule has 2 N–H and O–H groups in total. The summed E-state index contributed by atoms with van der Waals surface area (Å²) in [6.07, 6.45) is 1.67. The molecule has 0 bridgehead atoms. The molecule has 1 aliphatic heterocycles. The summed E-state index contributed by atoms with van der Waals surface area (Å²) < 4.78 is 5.46. The van der Waals surface area contributed by atoms with Gasteiger partial charge in [-0.05, 0) is 12.5 Å². The van der Waals surface area contributed by atoms with Crippen LogP contribution in [0.2, 0.25) is 0 Å². The molecule has 0 aromatic carbocycles. The summed E-state index contributed by atoms with van der Waals surface area (Å²) in [5.74, 6) is 0.0128. The molecule has 0 aliphatic carbocycles. The van der Waals surface area contributed by atoms with Gasteiger partial charge in [-0.1, -0.05) is 13.3 Å². The van der Waals surface area contributed by atoms with Gasteiger partial charge in [0.1, 0.15) is 6.10 Å². The summed E-state index contributed by atoms with van der Waals surface area (Å²) in [4.78, 5) is 13.8. The van der Waals surface area contributed by atoms with Crippen LogP contribution in [0.4, 0.5) is 0 Å². The second-order valence-electron chi connectivity index (χ2n) is 4.89. The monoisotopic (exact) mass is 266 g/mol. The molecule has 0 spiro atoms. The highest BCUT2D eigenvalue weighted by atomic mass is 16.5. The number of hydrogen-bond acceptors (Lipinski definition) is 4. The highest BCUT2D eigenvalue weighted by molar-refractivity contribution is 5.81. The molecule has 6 heteroatoms. The standard InChI is InChI=1S/C13H22N4O2/c1-3-4-10-7-11(16-15-10)9-17(2)13(18)12-8-14-5-6-19-12/h7,12,14H,3-6,8-9H2,1-2H3,(H,15,16)/t12-/m0/s1. The van der Waals surface area contributed by atoms with Gasteiger partial charge >= 0.3 is 0 Å². The van der Waals surface area contributed by atoms with Crippen molar-refractivity contribution in [3.05, 3.63) is 17.5 Å². The number of amides is 1. The molecule has 1 fully saturated rings. The molecular weight excluding hydrogens is 244 g/mol. The zero-order chi connectivity index (χ0) is 13.7. The summed E-state index contributed by atoms with van der Waals surface area (Å²) >= 11 is 0. The van der Waals surface area contributed by atoms with Gasteiger partial charge in [0.05, 0.1) is 24.5 Å². The van der Waals surface area contributed by atoms with Gasteiger partial charge in [0.2, 0.25) is 0 Å². The minimum absolute atomic E-state index is 0.0128. The second kappa shape index (κ2) is 6.68. The summed E-state index contributed by atoms with van der Waals surface area (Å²) in [7, 11) is 1.79. The Morgan fingerprint density at radius 3 is 3.16 bits per heavy atom. The number of carbonyl (C=O) groups excluding carboxylic acids is 1. The van der Waals surface area contributed by atoms with Crippen LogP contribution in [-0.2, 0) is 22.5 Å². The van der Waals surface area contributed by atoms with Crippen LogP contribution in [0.1, 0.15) is 24.7 Å². The Morgan fingerprint density at radius 1 is 1.63 bits per heavy atom. The van der Waals surface area contributed by atoms with Gasteiger partial charge < -0.3 is 15.0 Å². The van der Waals surface area contributed by atoms with E-state index in [1.54, 1.807) is 11.9 Å². The third kappa shape index (κ3) is 3.78. The number of rotatable bonds is 5. The molecule has 106 valence electrons. The molecule has 1 aromatic rings. The van der Waals surface area contributed by atoms with Gasteiger partial charge in [-0.2, -0.15) is 5.10 Å². The molecule has 1 atom stereocenters. The number of nitrogens with zero attached hydrogens (tertiary/aromatic N) is 2. The van der Waals surface area contributed by atoms with Crippen molar-refractivity contribution in [3.8, 4) is 0 Å². The molecule has 0 saturated carbocycles. The lowest BCUT2D eigenvalue weighted by atomic mass is 10.2. The first-order valence-corrected chi connectivity index (χ1v) is 6.81. The molecule has 1 amide bonds. The molecule has 1 saturated heterocycles. The second-order valence-corrected chi connectivity index (χ2v) is 4.89. The fraction of sp³-hybridized carbons (Fsp3) is 0.692. The Labute approximate surface area is 113 Å². The molecule has 0 radical (unpaired) electrons. The van der Waals surface area contributed by atoms with Gasteiger partial charge in [0.25, 0.3) is 5.91 Å². The average molecular weight is 266 g/mol. The number of carbonyl (C=O) groups is 1. The first-order chi connectivity index (χ1) is 9.20. The predicted molar refractivity (Wildman–Crippen MR) is 71.7 cm³/mol. The van der Waals surface area contributed by atoms with Crippen LogP contribution in [0.3, 0.4) is 0 Å². The summed E-state index contributed by atoms with van der Waals surface area (Å²) in [5.41, 5.74) is 2.01. The molecule has 19 heavy (non-hydrogen) atoms. The Balaban J connectivity index is 1.88. The van der Waals surface area contributed by atoms with Gasteiger partial charge in [-0.3, -0.25) is 9.89 Å². The van der Waals surface area contributed by atoms with Gasteiger partial charge in [-0.15, -0.1) is 0 Å². The van der Waals surface area contributed by atoms with E-state index in [1.807, 2.05) is 6.07 Å². The lowest BCUT2D eigenvalue weighted by molar-refractivity contribution is -0.144. The highest BCUT2D eigenvalue weighted by Crippen LogP contribution is 2.07. The number of aromatic amines is 1. The van der Waals surface area contributed by atoms with E-state index in [0.29, 0.717) is 19.7 Å². The van der Waals surface area contributed by atoms with Crippen molar-refractivity contribution in [1.29, 1.82) is 0 Å². The van der Waals surface area contributed by atoms with E-state index in [-0.39, 0.29) is 12.0 Å². The van der Waals surface area contributed by atoms with E-state index in [9.17, 15) is 4.79 Å². The van der Waals surface area contributed by atoms with Crippen molar-refractivity contribution in [2.45, 2.75) is 32.4 Å². The van der Waals surface area contributed by atoms with E-state index < -0.39 is 0 Å². The third-order valence-corrected chi connectivity index (χ3v) is 3.18. The first kappa shape index (κ1) is 14.0. The van der Waals surface area contributed by atoms with E-state index in [0.717, 1.165) is 30.8 Å². The number of ether oxygens (including phenoxy) is 1. The zero-order valence-electron chi connectivity index (χ0n) is 11.6. The fourth-order valence-electron chi connectivity index (χ4n) is 2.18. The SMILES string of the molecule is CCCc1cc(CN(C)C(=O)[C@@H]2CNCCO2)[nH]n1.